The van der Waals surface area contributed by atoms with Crippen molar-refractivity contribution in [2.24, 2.45) is 5.73 Å². The molecule has 58 valence electrons. The molecule has 0 aliphatic carbocycles. The predicted molar refractivity (Wildman–Crippen MR) is 41.6 cm³/mol. The van der Waals surface area contributed by atoms with Crippen molar-refractivity contribution < 1.29 is 4.79 Å². The summed E-state index contributed by atoms with van der Waals surface area (Å²) >= 11 is 0. The van der Waals surface area contributed by atoms with Crippen LogP contribution in [0.15, 0.2) is 23.4 Å². The second-order valence-corrected chi connectivity index (χ2v) is 2.82. The number of carbonyl (C=O) groups is 1. The molecule has 2 heterocycles. The van der Waals surface area contributed by atoms with Crippen molar-refractivity contribution in [2.45, 2.75) is 6.42 Å². The van der Waals surface area contributed by atoms with Gasteiger partial charge >= 0.3 is 0 Å². The molecule has 0 aromatic carbocycles. The van der Waals surface area contributed by atoms with Crippen LogP contribution in [0.25, 0.3) is 0 Å². The van der Waals surface area contributed by atoms with Gasteiger partial charge in [0.2, 0.25) is 5.91 Å². The maximum absolute atomic E-state index is 10.8. The topological polar surface area (TPSA) is 46.3 Å². The van der Waals surface area contributed by atoms with E-state index in [0.717, 1.165) is 25.2 Å². The van der Waals surface area contributed by atoms with Crippen molar-refractivity contribution in [1.29, 1.82) is 0 Å². The number of fused-ring (bicyclic) bond motifs is 1. The van der Waals surface area contributed by atoms with E-state index in [0.29, 0.717) is 5.57 Å². The quantitative estimate of drug-likeness (QED) is 0.572. The largest absolute Gasteiger partial charge is 0.370 e. The Hall–Kier alpha value is -1.25. The molecule has 0 saturated carbocycles. The molecule has 1 amide bonds. The van der Waals surface area contributed by atoms with Crippen LogP contribution in [-0.4, -0.2) is 23.9 Å². The maximum Gasteiger partial charge on any atom is 0.250 e. The van der Waals surface area contributed by atoms with Crippen LogP contribution >= 0.6 is 0 Å². The minimum atomic E-state index is -0.305. The lowest BCUT2D eigenvalue weighted by molar-refractivity contribution is -0.114. The highest BCUT2D eigenvalue weighted by Crippen LogP contribution is 2.28. The second-order valence-electron chi connectivity index (χ2n) is 2.82. The average Bonchev–Trinajstić information content (AvgIpc) is 1.90. The molecule has 2 aliphatic rings. The van der Waals surface area contributed by atoms with Gasteiger partial charge < -0.3 is 10.6 Å². The number of amides is 1. The summed E-state index contributed by atoms with van der Waals surface area (Å²) in [5, 5.41) is 0. The van der Waals surface area contributed by atoms with Crippen LogP contribution in [0.5, 0.6) is 0 Å². The molecule has 1 saturated heterocycles. The normalized spacial score (nSPS) is 21.3. The Morgan fingerprint density at radius 3 is 2.91 bits per heavy atom. The van der Waals surface area contributed by atoms with Crippen molar-refractivity contribution in [2.75, 3.05) is 13.1 Å². The van der Waals surface area contributed by atoms with E-state index < -0.39 is 0 Å². The van der Waals surface area contributed by atoms with Crippen LogP contribution in [-0.2, 0) is 4.79 Å². The number of rotatable bonds is 1. The maximum atomic E-state index is 10.8. The van der Waals surface area contributed by atoms with Crippen molar-refractivity contribution in [1.82, 2.24) is 4.90 Å². The zero-order valence-corrected chi connectivity index (χ0v) is 6.21. The van der Waals surface area contributed by atoms with E-state index in [1.807, 2.05) is 12.2 Å². The molecule has 0 atom stereocenters. The van der Waals surface area contributed by atoms with Crippen LogP contribution in [0.3, 0.4) is 0 Å². The van der Waals surface area contributed by atoms with E-state index in [9.17, 15) is 4.79 Å². The highest BCUT2D eigenvalue weighted by molar-refractivity contribution is 5.96. The molecule has 2 rings (SSSR count). The molecule has 2 aliphatic heterocycles. The van der Waals surface area contributed by atoms with Crippen LogP contribution in [0.4, 0.5) is 0 Å². The van der Waals surface area contributed by atoms with Crippen LogP contribution in [0, 0.1) is 0 Å². The molecular weight excluding hydrogens is 140 g/mol. The molecule has 2 N–H and O–H groups in total. The third kappa shape index (κ3) is 0.843. The first-order chi connectivity index (χ1) is 5.29. The summed E-state index contributed by atoms with van der Waals surface area (Å²) in [5.74, 6) is -0.305. The van der Waals surface area contributed by atoms with E-state index in [1.165, 1.54) is 0 Å². The summed E-state index contributed by atoms with van der Waals surface area (Å²) in [4.78, 5) is 13.0. The summed E-state index contributed by atoms with van der Waals surface area (Å²) < 4.78 is 0. The number of hydrogen-bond donors (Lipinski definition) is 1. The Bertz CT molecular complexity index is 265. The Balaban J connectivity index is 2.34. The van der Waals surface area contributed by atoms with Gasteiger partial charge in [-0.25, -0.2) is 0 Å². The monoisotopic (exact) mass is 150 g/mol. The molecule has 0 aromatic heterocycles. The molecule has 0 spiro atoms. The lowest BCUT2D eigenvalue weighted by Gasteiger charge is -2.38. The molecule has 11 heavy (non-hydrogen) atoms. The summed E-state index contributed by atoms with van der Waals surface area (Å²) in [6, 6.07) is 0. The Morgan fingerprint density at radius 1 is 1.64 bits per heavy atom. The molecule has 3 nitrogen and oxygen atoms in total. The third-order valence-corrected chi connectivity index (χ3v) is 2.19. The van der Waals surface area contributed by atoms with Gasteiger partial charge in [0.1, 0.15) is 0 Å². The first kappa shape index (κ1) is 6.46. The fourth-order valence-corrected chi connectivity index (χ4v) is 1.51. The minimum absolute atomic E-state index is 0.305. The van der Waals surface area contributed by atoms with Gasteiger partial charge in [0.25, 0.3) is 0 Å². The van der Waals surface area contributed by atoms with Crippen molar-refractivity contribution in [3.05, 3.63) is 23.4 Å². The van der Waals surface area contributed by atoms with Gasteiger partial charge in [-0.3, -0.25) is 4.79 Å². The fourth-order valence-electron chi connectivity index (χ4n) is 1.51. The van der Waals surface area contributed by atoms with Crippen LogP contribution in [0.2, 0.25) is 0 Å². The average molecular weight is 150 g/mol. The molecule has 0 radical (unpaired) electrons. The summed E-state index contributed by atoms with van der Waals surface area (Å²) in [6.07, 6.45) is 4.80. The highest BCUT2D eigenvalue weighted by Gasteiger charge is 2.26. The van der Waals surface area contributed by atoms with Gasteiger partial charge in [0, 0.05) is 25.2 Å². The summed E-state index contributed by atoms with van der Waals surface area (Å²) in [5.41, 5.74) is 7.00. The molecule has 1 fully saturated rings. The number of primary amides is 1. The van der Waals surface area contributed by atoms with Gasteiger partial charge in [-0.2, -0.15) is 0 Å². The molecule has 0 aromatic rings. The van der Waals surface area contributed by atoms with E-state index in [1.54, 1.807) is 0 Å². The van der Waals surface area contributed by atoms with Crippen LogP contribution < -0.4 is 5.73 Å². The minimum Gasteiger partial charge on any atom is -0.370 e. The molecule has 0 bridgehead atoms. The zero-order chi connectivity index (χ0) is 7.84. The molecule has 0 unspecified atom stereocenters. The first-order valence-corrected chi connectivity index (χ1v) is 3.73. The number of nitrogens with zero attached hydrogens (tertiary/aromatic N) is 1. The standard InChI is InChI=1S/C8H10N2O/c9-8(11)6-2-1-4-10-5-3-7(6)10/h1-2H,3-5H2,(H2,9,11). The van der Waals surface area contributed by atoms with Crippen molar-refractivity contribution in [3.63, 3.8) is 0 Å². The third-order valence-electron chi connectivity index (χ3n) is 2.19. The van der Waals surface area contributed by atoms with Crippen molar-refractivity contribution >= 4 is 5.91 Å². The van der Waals surface area contributed by atoms with Gasteiger partial charge in [-0.1, -0.05) is 6.08 Å². The summed E-state index contributed by atoms with van der Waals surface area (Å²) in [6.45, 7) is 2.00. The van der Waals surface area contributed by atoms with Gasteiger partial charge in [-0.05, 0) is 6.08 Å². The van der Waals surface area contributed by atoms with Crippen LogP contribution in [0.1, 0.15) is 6.42 Å². The van der Waals surface area contributed by atoms with E-state index in [-0.39, 0.29) is 5.91 Å². The fraction of sp³-hybridized carbons (Fsp3) is 0.375. The Labute approximate surface area is 65.2 Å². The number of nitrogens with two attached hydrogens (primary N) is 1. The Kier molecular flexibility index (Phi) is 1.24. The van der Waals surface area contributed by atoms with E-state index >= 15 is 0 Å². The van der Waals surface area contributed by atoms with Gasteiger partial charge in [-0.15, -0.1) is 0 Å². The molecule has 3 heteroatoms. The van der Waals surface area contributed by atoms with Gasteiger partial charge in [0.05, 0.1) is 5.57 Å². The highest BCUT2D eigenvalue weighted by atomic mass is 16.1. The van der Waals surface area contributed by atoms with E-state index in [2.05, 4.69) is 4.90 Å². The lowest BCUT2D eigenvalue weighted by atomic mass is 9.99. The van der Waals surface area contributed by atoms with Crippen molar-refractivity contribution in [3.8, 4) is 0 Å². The lowest BCUT2D eigenvalue weighted by Crippen LogP contribution is -2.39. The van der Waals surface area contributed by atoms with E-state index in [4.69, 9.17) is 5.73 Å². The van der Waals surface area contributed by atoms with Gasteiger partial charge in [0.15, 0.2) is 0 Å². The Morgan fingerprint density at radius 2 is 2.45 bits per heavy atom. The predicted octanol–water partition coefficient (Wildman–Crippen LogP) is 0.00130. The smallest absolute Gasteiger partial charge is 0.250 e. The second kappa shape index (κ2) is 2.12. The number of hydrogen-bond acceptors (Lipinski definition) is 2. The first-order valence-electron chi connectivity index (χ1n) is 3.73. The summed E-state index contributed by atoms with van der Waals surface area (Å²) in [7, 11) is 0. The SMILES string of the molecule is NC(=O)C1=C2CCN2CC=C1. The zero-order valence-electron chi connectivity index (χ0n) is 6.21. The number of carbonyl (C=O) groups excluding carboxylic acids is 1. The molecular formula is C8H10N2O.